The van der Waals surface area contributed by atoms with Crippen molar-refractivity contribution in [3.63, 3.8) is 0 Å². The Hall–Kier alpha value is -2.58. The maximum atomic E-state index is 13.3. The van der Waals surface area contributed by atoms with Crippen LogP contribution in [0.25, 0.3) is 0 Å². The molecule has 0 aromatic heterocycles. The van der Waals surface area contributed by atoms with Crippen molar-refractivity contribution in [3.8, 4) is 0 Å². The van der Waals surface area contributed by atoms with Crippen molar-refractivity contribution in [1.82, 2.24) is 14.9 Å². The third kappa shape index (κ3) is 2.29. The lowest BCUT2D eigenvalue weighted by molar-refractivity contribution is -0.183. The molecule has 0 saturated carbocycles. The molecule has 3 heterocycles. The van der Waals surface area contributed by atoms with Crippen LogP contribution >= 0.6 is 0 Å². The van der Waals surface area contributed by atoms with Crippen LogP contribution in [0.4, 0.5) is 0 Å². The second kappa shape index (κ2) is 6.00. The fourth-order valence-corrected chi connectivity index (χ4v) is 3.79. The summed E-state index contributed by atoms with van der Waals surface area (Å²) >= 11 is 0. The average molecular weight is 357 g/mol. The molecule has 0 aliphatic carbocycles. The van der Waals surface area contributed by atoms with Crippen LogP contribution in [0.15, 0.2) is 24.3 Å². The molecule has 3 aliphatic heterocycles. The molecule has 1 aromatic rings. The van der Waals surface area contributed by atoms with Gasteiger partial charge in [0.15, 0.2) is 0 Å². The summed E-state index contributed by atoms with van der Waals surface area (Å²) in [5, 5.41) is 2.75. The lowest BCUT2D eigenvalue weighted by Gasteiger charge is -2.46. The summed E-state index contributed by atoms with van der Waals surface area (Å²) in [7, 11) is 0. The molecule has 0 bridgehead atoms. The van der Waals surface area contributed by atoms with E-state index in [1.54, 1.807) is 36.2 Å². The third-order valence-electron chi connectivity index (χ3n) is 5.27. The van der Waals surface area contributed by atoms with Gasteiger partial charge >= 0.3 is 0 Å². The minimum atomic E-state index is -1.39. The molecule has 2 fully saturated rings. The van der Waals surface area contributed by atoms with Gasteiger partial charge in [-0.3, -0.25) is 24.1 Å². The predicted molar refractivity (Wildman–Crippen MR) is 88.8 cm³/mol. The number of carbonyl (C=O) groups excluding carboxylic acids is 4. The van der Waals surface area contributed by atoms with Crippen LogP contribution in [0.3, 0.4) is 0 Å². The summed E-state index contributed by atoms with van der Waals surface area (Å²) in [5.74, 6) is -1.83. The first-order chi connectivity index (χ1) is 12.4. The Labute approximate surface area is 150 Å². The van der Waals surface area contributed by atoms with E-state index in [2.05, 4.69) is 0 Å². The number of fused-ring (bicyclic) bond motifs is 1. The van der Waals surface area contributed by atoms with Crippen molar-refractivity contribution < 1.29 is 23.9 Å². The van der Waals surface area contributed by atoms with Gasteiger partial charge in [-0.1, -0.05) is 12.1 Å². The molecule has 136 valence electrons. The van der Waals surface area contributed by atoms with Crippen LogP contribution in [0.5, 0.6) is 0 Å². The van der Waals surface area contributed by atoms with Gasteiger partial charge in [0, 0.05) is 19.5 Å². The first kappa shape index (κ1) is 16.9. The number of nitrogens with zero attached hydrogens (tertiary/aromatic N) is 3. The lowest BCUT2D eigenvalue weighted by atomic mass is 9.88. The molecule has 4 amide bonds. The Kier molecular flexibility index (Phi) is 3.89. The highest BCUT2D eigenvalue weighted by Crippen LogP contribution is 2.36. The van der Waals surface area contributed by atoms with E-state index < -0.39 is 23.3 Å². The van der Waals surface area contributed by atoms with Crippen LogP contribution < -0.4 is 0 Å². The van der Waals surface area contributed by atoms with Gasteiger partial charge in [0.2, 0.25) is 5.91 Å². The zero-order chi connectivity index (χ0) is 18.5. The molecule has 4 rings (SSSR count). The minimum absolute atomic E-state index is 0.0903. The normalized spacial score (nSPS) is 27.3. The number of hydrogen-bond donors (Lipinski definition) is 0. The quantitative estimate of drug-likeness (QED) is 0.714. The van der Waals surface area contributed by atoms with E-state index in [1.165, 1.54) is 0 Å². The number of ether oxygens (including phenoxy) is 1. The van der Waals surface area contributed by atoms with Gasteiger partial charge in [-0.05, 0) is 25.5 Å². The van der Waals surface area contributed by atoms with Gasteiger partial charge in [0.25, 0.3) is 17.7 Å². The fraction of sp³-hybridized carbons (Fsp3) is 0.444. The summed E-state index contributed by atoms with van der Waals surface area (Å²) in [5.41, 5.74) is -0.804. The molecule has 0 N–H and O–H groups in total. The van der Waals surface area contributed by atoms with E-state index in [0.717, 1.165) is 9.91 Å². The lowest BCUT2D eigenvalue weighted by Crippen LogP contribution is -2.68. The number of hydrogen-bond acceptors (Lipinski definition) is 6. The summed E-state index contributed by atoms with van der Waals surface area (Å²) in [4.78, 5) is 52.4. The molecule has 1 unspecified atom stereocenters. The molecular formula is C18H19N3O5. The number of benzene rings is 1. The number of piperidine rings is 1. The van der Waals surface area contributed by atoms with Gasteiger partial charge in [-0.15, -0.1) is 0 Å². The number of hydrazine groups is 1. The highest BCUT2D eigenvalue weighted by Gasteiger charge is 2.56. The van der Waals surface area contributed by atoms with Gasteiger partial charge in [0.05, 0.1) is 24.3 Å². The Morgan fingerprint density at radius 2 is 1.54 bits per heavy atom. The number of rotatable bonds is 2. The Morgan fingerprint density at radius 1 is 0.962 bits per heavy atom. The summed E-state index contributed by atoms with van der Waals surface area (Å²) in [6.07, 6.45) is 0.212. The van der Waals surface area contributed by atoms with E-state index in [9.17, 15) is 19.2 Å². The fourth-order valence-electron chi connectivity index (χ4n) is 3.79. The summed E-state index contributed by atoms with van der Waals surface area (Å²) in [6, 6.07) is 6.53. The van der Waals surface area contributed by atoms with Gasteiger partial charge in [-0.25, -0.2) is 10.0 Å². The zero-order valence-electron chi connectivity index (χ0n) is 14.4. The predicted octanol–water partition coefficient (Wildman–Crippen LogP) is 0.438. The zero-order valence-corrected chi connectivity index (χ0v) is 14.4. The van der Waals surface area contributed by atoms with Crippen LogP contribution in [0, 0.1) is 0 Å². The monoisotopic (exact) mass is 357 g/mol. The molecule has 1 aromatic carbocycles. The first-order valence-corrected chi connectivity index (χ1v) is 8.63. The maximum Gasteiger partial charge on any atom is 0.270 e. The number of amides is 4. The van der Waals surface area contributed by atoms with E-state index >= 15 is 0 Å². The minimum Gasteiger partial charge on any atom is -0.379 e. The van der Waals surface area contributed by atoms with Crippen molar-refractivity contribution in [2.24, 2.45) is 0 Å². The van der Waals surface area contributed by atoms with Crippen LogP contribution in [0.1, 0.15) is 40.5 Å². The smallest absolute Gasteiger partial charge is 0.270 e. The van der Waals surface area contributed by atoms with Crippen LogP contribution in [-0.4, -0.2) is 70.4 Å². The molecule has 8 nitrogen and oxygen atoms in total. The molecule has 26 heavy (non-hydrogen) atoms. The first-order valence-electron chi connectivity index (χ1n) is 8.63. The molecule has 1 atom stereocenters. The highest BCUT2D eigenvalue weighted by molar-refractivity contribution is 6.24. The summed E-state index contributed by atoms with van der Waals surface area (Å²) in [6.45, 7) is 3.23. The van der Waals surface area contributed by atoms with Gasteiger partial charge in [-0.2, -0.15) is 0 Å². The molecule has 0 spiro atoms. The van der Waals surface area contributed by atoms with Gasteiger partial charge in [0.1, 0.15) is 5.54 Å². The Morgan fingerprint density at radius 3 is 2.12 bits per heavy atom. The second-order valence-electron chi connectivity index (χ2n) is 6.84. The Bertz CT molecular complexity index is 782. The van der Waals surface area contributed by atoms with E-state index in [4.69, 9.17) is 4.74 Å². The molecule has 2 saturated heterocycles. The standard InChI is InChI=1S/C18H19N3O5/c1-18(20-15(23)12-4-2-3-5-13(12)16(20)24)7-6-14(22)21(17(18)25)19-8-10-26-11-9-19/h2-5H,6-11H2,1H3. The van der Waals surface area contributed by atoms with Crippen LogP contribution in [0.2, 0.25) is 0 Å². The maximum absolute atomic E-state index is 13.3. The number of imide groups is 2. The molecule has 8 heteroatoms. The van der Waals surface area contributed by atoms with Crippen molar-refractivity contribution >= 4 is 23.6 Å². The SMILES string of the molecule is CC1(N2C(=O)c3ccccc3C2=O)CCC(=O)N(N2CCOCC2)C1=O. The summed E-state index contributed by atoms with van der Waals surface area (Å²) < 4.78 is 5.28. The molecule has 3 aliphatic rings. The third-order valence-corrected chi connectivity index (χ3v) is 5.27. The number of morpholine rings is 1. The van der Waals surface area contributed by atoms with Gasteiger partial charge < -0.3 is 4.74 Å². The van der Waals surface area contributed by atoms with E-state index in [0.29, 0.717) is 37.4 Å². The van der Waals surface area contributed by atoms with Crippen molar-refractivity contribution in [2.75, 3.05) is 26.3 Å². The van der Waals surface area contributed by atoms with E-state index in [1.807, 2.05) is 0 Å². The van der Waals surface area contributed by atoms with E-state index in [-0.39, 0.29) is 18.7 Å². The van der Waals surface area contributed by atoms with Crippen molar-refractivity contribution in [1.29, 1.82) is 0 Å². The Balaban J connectivity index is 1.70. The average Bonchev–Trinajstić information content (AvgIpc) is 2.91. The largest absolute Gasteiger partial charge is 0.379 e. The van der Waals surface area contributed by atoms with Crippen molar-refractivity contribution in [3.05, 3.63) is 35.4 Å². The molecule has 0 radical (unpaired) electrons. The van der Waals surface area contributed by atoms with Crippen molar-refractivity contribution in [2.45, 2.75) is 25.3 Å². The number of carbonyl (C=O) groups is 4. The second-order valence-corrected chi connectivity index (χ2v) is 6.84. The molecular weight excluding hydrogens is 338 g/mol. The highest BCUT2D eigenvalue weighted by atomic mass is 16.5. The van der Waals surface area contributed by atoms with Crippen LogP contribution in [-0.2, 0) is 14.3 Å². The topological polar surface area (TPSA) is 87.2 Å².